The predicted octanol–water partition coefficient (Wildman–Crippen LogP) is 4.36. The van der Waals surface area contributed by atoms with Crippen molar-refractivity contribution in [3.05, 3.63) is 62.0 Å². The highest BCUT2D eigenvalue weighted by Gasteiger charge is 2.27. The van der Waals surface area contributed by atoms with Gasteiger partial charge in [0.1, 0.15) is 5.00 Å². The Bertz CT molecular complexity index is 948. The zero-order valence-corrected chi connectivity index (χ0v) is 16.2. The molecule has 146 valence electrons. The molecule has 8 heteroatoms. The van der Waals surface area contributed by atoms with Crippen LogP contribution in [0.2, 0.25) is 0 Å². The number of esters is 1. The molecule has 1 aromatic carbocycles. The Balaban J connectivity index is 1.83. The zero-order chi connectivity index (χ0) is 20.1. The Labute approximate surface area is 166 Å². The van der Waals surface area contributed by atoms with Gasteiger partial charge in [0.15, 0.2) is 0 Å². The van der Waals surface area contributed by atoms with Crippen LogP contribution in [0.25, 0.3) is 6.08 Å². The van der Waals surface area contributed by atoms with Crippen LogP contribution < -0.4 is 5.32 Å². The van der Waals surface area contributed by atoms with E-state index in [2.05, 4.69) is 5.32 Å². The summed E-state index contributed by atoms with van der Waals surface area (Å²) < 4.78 is 5.17. The monoisotopic (exact) mass is 400 g/mol. The number of ether oxygens (including phenoxy) is 1. The number of anilines is 1. The first-order valence-electron chi connectivity index (χ1n) is 9.05. The predicted molar refractivity (Wildman–Crippen MR) is 108 cm³/mol. The van der Waals surface area contributed by atoms with Crippen LogP contribution >= 0.6 is 11.3 Å². The van der Waals surface area contributed by atoms with E-state index in [0.29, 0.717) is 16.1 Å². The number of aryl methyl sites for hydroxylation is 1. The Morgan fingerprint density at radius 3 is 2.79 bits per heavy atom. The van der Waals surface area contributed by atoms with Gasteiger partial charge in [0.05, 0.1) is 22.7 Å². The number of carbonyl (C=O) groups excluding carboxylic acids is 2. The Kier molecular flexibility index (Phi) is 6.20. The van der Waals surface area contributed by atoms with Crippen molar-refractivity contribution < 1.29 is 19.2 Å². The number of nitrogens with zero attached hydrogens (tertiary/aromatic N) is 1. The number of rotatable bonds is 6. The number of amides is 1. The van der Waals surface area contributed by atoms with Crippen LogP contribution in [-0.2, 0) is 22.4 Å². The molecular weight excluding hydrogens is 380 g/mol. The number of nitro benzene ring substituents is 1. The first-order chi connectivity index (χ1) is 13.5. The molecule has 0 saturated heterocycles. The largest absolute Gasteiger partial charge is 0.462 e. The molecule has 1 aromatic heterocycles. The van der Waals surface area contributed by atoms with Crippen LogP contribution in [0.1, 0.15) is 46.1 Å². The van der Waals surface area contributed by atoms with Crippen molar-refractivity contribution in [2.24, 2.45) is 0 Å². The van der Waals surface area contributed by atoms with Gasteiger partial charge in [-0.15, -0.1) is 11.3 Å². The number of fused-ring (bicyclic) bond motifs is 1. The summed E-state index contributed by atoms with van der Waals surface area (Å²) in [5, 5.41) is 14.3. The Morgan fingerprint density at radius 2 is 2.04 bits per heavy atom. The highest BCUT2D eigenvalue weighted by Crippen LogP contribution is 2.38. The number of hydrogen-bond donors (Lipinski definition) is 1. The topological polar surface area (TPSA) is 98.5 Å². The molecule has 0 saturated carbocycles. The summed E-state index contributed by atoms with van der Waals surface area (Å²) in [5.41, 5.74) is 1.66. The number of thiophene rings is 1. The van der Waals surface area contributed by atoms with Gasteiger partial charge >= 0.3 is 5.97 Å². The van der Waals surface area contributed by atoms with E-state index >= 15 is 0 Å². The quantitative estimate of drug-likeness (QED) is 0.336. The fourth-order valence-corrected chi connectivity index (χ4v) is 4.47. The van der Waals surface area contributed by atoms with Crippen LogP contribution in [0.4, 0.5) is 10.7 Å². The summed E-state index contributed by atoms with van der Waals surface area (Å²) in [6.45, 7) is 2.00. The number of nitro groups is 1. The normalized spacial score (nSPS) is 13.2. The van der Waals surface area contributed by atoms with E-state index in [9.17, 15) is 19.7 Å². The van der Waals surface area contributed by atoms with E-state index in [1.165, 1.54) is 29.6 Å². The summed E-state index contributed by atoms with van der Waals surface area (Å²) in [6, 6.07) is 6.17. The van der Waals surface area contributed by atoms with Crippen LogP contribution in [0.5, 0.6) is 0 Å². The molecular formula is C20H20N2O5S. The lowest BCUT2D eigenvalue weighted by atomic mass is 9.95. The first kappa shape index (κ1) is 19.8. The molecule has 28 heavy (non-hydrogen) atoms. The van der Waals surface area contributed by atoms with Gasteiger partial charge in [-0.3, -0.25) is 14.9 Å². The van der Waals surface area contributed by atoms with Gasteiger partial charge in [0, 0.05) is 17.0 Å². The average Bonchev–Trinajstić information content (AvgIpc) is 3.04. The van der Waals surface area contributed by atoms with E-state index < -0.39 is 16.8 Å². The van der Waals surface area contributed by atoms with Crippen molar-refractivity contribution in [3.8, 4) is 0 Å². The third-order valence-electron chi connectivity index (χ3n) is 4.44. The third-order valence-corrected chi connectivity index (χ3v) is 5.64. The number of para-hydroxylation sites is 1. The maximum Gasteiger partial charge on any atom is 0.341 e. The molecule has 0 unspecified atom stereocenters. The fraction of sp³-hybridized carbons (Fsp3) is 0.300. The maximum absolute atomic E-state index is 12.4. The minimum atomic E-state index is -0.496. The molecule has 3 rings (SSSR count). The number of hydrogen-bond acceptors (Lipinski definition) is 6. The third kappa shape index (κ3) is 4.28. The SMILES string of the molecule is CCOC(=O)c1c(NC(=O)C=Cc2ccccc2[N+](=O)[O-])sc2c1CCCC2. The minimum absolute atomic E-state index is 0.0784. The highest BCUT2D eigenvalue weighted by molar-refractivity contribution is 7.17. The Morgan fingerprint density at radius 1 is 1.29 bits per heavy atom. The Hall–Kier alpha value is -3.00. The summed E-state index contributed by atoms with van der Waals surface area (Å²) in [7, 11) is 0. The van der Waals surface area contributed by atoms with Crippen molar-refractivity contribution in [1.82, 2.24) is 0 Å². The molecule has 0 atom stereocenters. The standard InChI is InChI=1S/C20H20N2O5S/c1-2-27-20(24)18-14-8-4-6-10-16(14)28-19(18)21-17(23)12-11-13-7-3-5-9-15(13)22(25)26/h3,5,7,9,11-12H,2,4,6,8,10H2,1H3,(H,21,23). The molecule has 1 aliphatic rings. The molecule has 0 bridgehead atoms. The van der Waals surface area contributed by atoms with E-state index in [0.717, 1.165) is 36.1 Å². The minimum Gasteiger partial charge on any atom is -0.462 e. The summed E-state index contributed by atoms with van der Waals surface area (Å²) in [5.74, 6) is -0.887. The van der Waals surface area contributed by atoms with Crippen molar-refractivity contribution in [2.75, 3.05) is 11.9 Å². The van der Waals surface area contributed by atoms with Crippen molar-refractivity contribution in [1.29, 1.82) is 0 Å². The maximum atomic E-state index is 12.4. The number of nitrogens with one attached hydrogen (secondary N) is 1. The van der Waals surface area contributed by atoms with E-state index in [1.807, 2.05) is 0 Å². The number of benzene rings is 1. The van der Waals surface area contributed by atoms with E-state index in [1.54, 1.807) is 25.1 Å². The summed E-state index contributed by atoms with van der Waals surface area (Å²) in [6.07, 6.45) is 6.36. The lowest BCUT2D eigenvalue weighted by Crippen LogP contribution is -2.14. The van der Waals surface area contributed by atoms with Crippen molar-refractivity contribution in [2.45, 2.75) is 32.6 Å². The molecule has 0 spiro atoms. The molecule has 1 heterocycles. The first-order valence-corrected chi connectivity index (χ1v) is 9.87. The molecule has 0 aliphatic heterocycles. The van der Waals surface area contributed by atoms with Gasteiger partial charge in [-0.05, 0) is 50.3 Å². The van der Waals surface area contributed by atoms with Crippen LogP contribution in [0.3, 0.4) is 0 Å². The fourth-order valence-electron chi connectivity index (χ4n) is 3.19. The molecule has 7 nitrogen and oxygen atoms in total. The van der Waals surface area contributed by atoms with Crippen LogP contribution in [0, 0.1) is 10.1 Å². The molecule has 0 radical (unpaired) electrons. The second-order valence-corrected chi connectivity index (χ2v) is 7.38. The summed E-state index contributed by atoms with van der Waals surface area (Å²) in [4.78, 5) is 36.5. The highest BCUT2D eigenvalue weighted by atomic mass is 32.1. The van der Waals surface area contributed by atoms with Gasteiger partial charge in [0.25, 0.3) is 5.69 Å². The molecule has 2 aromatic rings. The molecule has 0 fully saturated rings. The average molecular weight is 400 g/mol. The van der Waals surface area contributed by atoms with E-state index in [-0.39, 0.29) is 12.3 Å². The second kappa shape index (κ2) is 8.79. The van der Waals surface area contributed by atoms with Gasteiger partial charge in [-0.25, -0.2) is 4.79 Å². The lowest BCUT2D eigenvalue weighted by Gasteiger charge is -2.12. The van der Waals surface area contributed by atoms with Crippen LogP contribution in [-0.4, -0.2) is 23.4 Å². The lowest BCUT2D eigenvalue weighted by molar-refractivity contribution is -0.385. The number of carbonyl (C=O) groups is 2. The van der Waals surface area contributed by atoms with Gasteiger partial charge in [-0.1, -0.05) is 12.1 Å². The van der Waals surface area contributed by atoms with Gasteiger partial charge < -0.3 is 10.1 Å². The smallest absolute Gasteiger partial charge is 0.341 e. The van der Waals surface area contributed by atoms with E-state index in [4.69, 9.17) is 4.74 Å². The zero-order valence-electron chi connectivity index (χ0n) is 15.4. The van der Waals surface area contributed by atoms with Gasteiger partial charge in [-0.2, -0.15) is 0 Å². The van der Waals surface area contributed by atoms with Crippen molar-refractivity contribution in [3.63, 3.8) is 0 Å². The molecule has 1 amide bonds. The van der Waals surface area contributed by atoms with Crippen molar-refractivity contribution >= 4 is 40.0 Å². The summed E-state index contributed by atoms with van der Waals surface area (Å²) >= 11 is 1.40. The van der Waals surface area contributed by atoms with Gasteiger partial charge in [0.2, 0.25) is 5.91 Å². The molecule has 1 N–H and O–H groups in total. The molecule has 1 aliphatic carbocycles. The second-order valence-electron chi connectivity index (χ2n) is 6.27. The van der Waals surface area contributed by atoms with Crippen LogP contribution in [0.15, 0.2) is 30.3 Å².